The second kappa shape index (κ2) is 10.7. The molecular weight excluding hydrogens is 500 g/mol. The molecule has 0 saturated heterocycles. The molecule has 1 N–H and O–H groups in total. The molecule has 1 heterocycles. The summed E-state index contributed by atoms with van der Waals surface area (Å²) in [5, 5.41) is 3.00. The number of carbonyl (C=O) groups is 2. The minimum atomic E-state index is -1.19. The fourth-order valence-corrected chi connectivity index (χ4v) is 5.06. The summed E-state index contributed by atoms with van der Waals surface area (Å²) in [6, 6.07) is 11.3. The third kappa shape index (κ3) is 5.04. The quantitative estimate of drug-likeness (QED) is 0.411. The predicted molar refractivity (Wildman–Crippen MR) is 131 cm³/mol. The molecule has 1 aliphatic carbocycles. The summed E-state index contributed by atoms with van der Waals surface area (Å²) >= 11 is 13.1. The van der Waals surface area contributed by atoms with Crippen LogP contribution in [0.15, 0.2) is 48.5 Å². The molecule has 1 aliphatic rings. The number of anilines is 1. The molecule has 4 rings (SSSR count). The minimum absolute atomic E-state index is 0.0110. The Morgan fingerprint density at radius 1 is 1.15 bits per heavy atom. The van der Waals surface area contributed by atoms with Crippen molar-refractivity contribution in [1.29, 1.82) is 0 Å². The van der Waals surface area contributed by atoms with Gasteiger partial charge in [0, 0.05) is 6.04 Å². The Kier molecular flexibility index (Phi) is 7.70. The van der Waals surface area contributed by atoms with E-state index in [1.54, 1.807) is 30.3 Å². The SMILES string of the molecule is COc1ccc([C@@H](C(=O)NC2CCCC2)N(C(=O)c2nsc(Cl)c2Cl)c2ccccc2F)cc1. The summed E-state index contributed by atoms with van der Waals surface area (Å²) in [5.74, 6) is -1.25. The van der Waals surface area contributed by atoms with Crippen LogP contribution in [0, 0.1) is 5.82 Å². The Morgan fingerprint density at radius 2 is 1.82 bits per heavy atom. The van der Waals surface area contributed by atoms with Gasteiger partial charge in [0.15, 0.2) is 5.69 Å². The molecule has 1 atom stereocenters. The van der Waals surface area contributed by atoms with Crippen molar-refractivity contribution < 1.29 is 18.7 Å². The normalized spacial score (nSPS) is 14.6. The fraction of sp³-hybridized carbons (Fsp3) is 0.292. The van der Waals surface area contributed by atoms with E-state index < -0.39 is 23.7 Å². The number of para-hydroxylation sites is 1. The van der Waals surface area contributed by atoms with Gasteiger partial charge in [-0.3, -0.25) is 14.5 Å². The Balaban J connectivity index is 1.85. The van der Waals surface area contributed by atoms with Crippen molar-refractivity contribution in [3.05, 3.63) is 75.0 Å². The Labute approximate surface area is 210 Å². The zero-order valence-electron chi connectivity index (χ0n) is 18.3. The summed E-state index contributed by atoms with van der Waals surface area (Å²) in [7, 11) is 1.53. The van der Waals surface area contributed by atoms with E-state index in [9.17, 15) is 9.59 Å². The molecule has 1 aromatic heterocycles. The lowest BCUT2D eigenvalue weighted by Gasteiger charge is -2.32. The molecule has 2 amide bonds. The first-order valence-corrected chi connectivity index (χ1v) is 12.3. The highest BCUT2D eigenvalue weighted by molar-refractivity contribution is 7.11. The number of halogens is 3. The summed E-state index contributed by atoms with van der Waals surface area (Å²) < 4.78 is 24.5. The third-order valence-corrected chi connectivity index (χ3v) is 7.38. The highest BCUT2D eigenvalue weighted by Crippen LogP contribution is 2.36. The van der Waals surface area contributed by atoms with Crippen LogP contribution >= 0.6 is 34.7 Å². The van der Waals surface area contributed by atoms with Gasteiger partial charge in [-0.05, 0) is 54.2 Å². The highest BCUT2D eigenvalue weighted by Gasteiger charge is 2.38. The number of amides is 2. The van der Waals surface area contributed by atoms with Crippen molar-refractivity contribution in [3.63, 3.8) is 0 Å². The monoisotopic (exact) mass is 521 g/mol. The predicted octanol–water partition coefficient (Wildman–Crippen LogP) is 6.04. The Morgan fingerprint density at radius 3 is 2.41 bits per heavy atom. The Bertz CT molecular complexity index is 1180. The summed E-state index contributed by atoms with van der Waals surface area (Å²) in [4.78, 5) is 28.5. The first kappa shape index (κ1) is 24.4. The first-order chi connectivity index (χ1) is 16.4. The van der Waals surface area contributed by atoms with Crippen molar-refractivity contribution in [3.8, 4) is 5.75 Å². The van der Waals surface area contributed by atoms with Crippen LogP contribution < -0.4 is 15.0 Å². The molecule has 1 fully saturated rings. The number of methoxy groups -OCH3 is 1. The summed E-state index contributed by atoms with van der Waals surface area (Å²) in [5.41, 5.74) is 0.257. The van der Waals surface area contributed by atoms with Gasteiger partial charge < -0.3 is 10.1 Å². The minimum Gasteiger partial charge on any atom is -0.497 e. The number of benzene rings is 2. The van der Waals surface area contributed by atoms with E-state index in [0.717, 1.165) is 42.1 Å². The number of hydrogen-bond acceptors (Lipinski definition) is 5. The molecule has 0 unspecified atom stereocenters. The van der Waals surface area contributed by atoms with Gasteiger partial charge in [-0.15, -0.1) is 0 Å². The molecule has 0 spiro atoms. The van der Waals surface area contributed by atoms with E-state index in [2.05, 4.69) is 9.69 Å². The van der Waals surface area contributed by atoms with Crippen molar-refractivity contribution >= 4 is 52.2 Å². The number of nitrogens with one attached hydrogen (secondary N) is 1. The Hall–Kier alpha value is -2.68. The van der Waals surface area contributed by atoms with E-state index in [1.165, 1.54) is 25.3 Å². The molecular formula is C24H22Cl2FN3O3S. The van der Waals surface area contributed by atoms with Crippen LogP contribution in [-0.2, 0) is 4.79 Å². The highest BCUT2D eigenvalue weighted by atomic mass is 35.5. The van der Waals surface area contributed by atoms with Gasteiger partial charge in [0.2, 0.25) is 5.91 Å². The van der Waals surface area contributed by atoms with Gasteiger partial charge in [-0.25, -0.2) is 4.39 Å². The van der Waals surface area contributed by atoms with Crippen LogP contribution in [0.25, 0.3) is 0 Å². The number of aromatic nitrogens is 1. The van der Waals surface area contributed by atoms with E-state index >= 15 is 4.39 Å². The maximum Gasteiger partial charge on any atom is 0.280 e. The van der Waals surface area contributed by atoms with Gasteiger partial charge in [0.1, 0.15) is 27.0 Å². The average Bonchev–Trinajstić information content (AvgIpc) is 3.47. The first-order valence-electron chi connectivity index (χ1n) is 10.7. The van der Waals surface area contributed by atoms with Crippen molar-refractivity contribution in [1.82, 2.24) is 9.69 Å². The molecule has 178 valence electrons. The lowest BCUT2D eigenvalue weighted by Crippen LogP contribution is -2.46. The van der Waals surface area contributed by atoms with Gasteiger partial charge in [-0.2, -0.15) is 4.37 Å². The number of rotatable bonds is 7. The molecule has 34 heavy (non-hydrogen) atoms. The fourth-order valence-electron chi connectivity index (χ4n) is 4.07. The number of hydrogen-bond donors (Lipinski definition) is 1. The zero-order valence-corrected chi connectivity index (χ0v) is 20.6. The average molecular weight is 522 g/mol. The van der Waals surface area contributed by atoms with Crippen molar-refractivity contribution in [2.45, 2.75) is 37.8 Å². The topological polar surface area (TPSA) is 71.5 Å². The third-order valence-electron chi connectivity index (χ3n) is 5.77. The molecule has 6 nitrogen and oxygen atoms in total. The van der Waals surface area contributed by atoms with E-state index in [-0.39, 0.29) is 26.8 Å². The zero-order chi connectivity index (χ0) is 24.2. The standard InChI is InChI=1S/C24H22Cl2FN3O3S/c1-33-16-12-10-14(11-13-16)21(23(31)28-15-6-2-3-7-15)30(18-9-5-4-8-17(18)27)24(32)20-19(25)22(26)34-29-20/h4-5,8-13,15,21H,2-3,6-7H2,1H3,(H,28,31)/t21-/m0/s1. The lowest BCUT2D eigenvalue weighted by atomic mass is 10.0. The van der Waals surface area contributed by atoms with Gasteiger partial charge in [-0.1, -0.05) is 60.3 Å². The molecule has 2 aromatic carbocycles. The van der Waals surface area contributed by atoms with Gasteiger partial charge >= 0.3 is 0 Å². The smallest absolute Gasteiger partial charge is 0.280 e. The maximum absolute atomic E-state index is 15.1. The van der Waals surface area contributed by atoms with Crippen molar-refractivity contribution in [2.24, 2.45) is 0 Å². The van der Waals surface area contributed by atoms with Crippen LogP contribution in [0.5, 0.6) is 5.75 Å². The van der Waals surface area contributed by atoms with Crippen LogP contribution in [0.1, 0.15) is 47.8 Å². The number of carbonyl (C=O) groups excluding carboxylic acids is 2. The van der Waals surface area contributed by atoms with Gasteiger partial charge in [0.05, 0.1) is 12.8 Å². The van der Waals surface area contributed by atoms with Crippen LogP contribution in [0.4, 0.5) is 10.1 Å². The molecule has 0 radical (unpaired) electrons. The molecule has 0 bridgehead atoms. The second-order valence-electron chi connectivity index (χ2n) is 7.91. The number of ether oxygens (including phenoxy) is 1. The molecule has 0 aliphatic heterocycles. The molecule has 1 saturated carbocycles. The summed E-state index contributed by atoms with van der Waals surface area (Å²) in [6.45, 7) is 0. The van der Waals surface area contributed by atoms with Crippen LogP contribution in [0.3, 0.4) is 0 Å². The van der Waals surface area contributed by atoms with Gasteiger partial charge in [0.25, 0.3) is 5.91 Å². The second-order valence-corrected chi connectivity index (χ2v) is 9.66. The largest absolute Gasteiger partial charge is 0.497 e. The molecule has 3 aromatic rings. The van der Waals surface area contributed by atoms with Crippen molar-refractivity contribution in [2.75, 3.05) is 12.0 Å². The van der Waals surface area contributed by atoms with Crippen LogP contribution in [-0.4, -0.2) is 29.3 Å². The molecule has 10 heteroatoms. The van der Waals surface area contributed by atoms with Crippen LogP contribution in [0.2, 0.25) is 9.36 Å². The maximum atomic E-state index is 15.1. The van der Waals surface area contributed by atoms with E-state index in [1.807, 2.05) is 0 Å². The van der Waals surface area contributed by atoms with E-state index in [4.69, 9.17) is 27.9 Å². The number of nitrogens with zero attached hydrogens (tertiary/aromatic N) is 2. The lowest BCUT2D eigenvalue weighted by molar-refractivity contribution is -0.123. The summed E-state index contributed by atoms with van der Waals surface area (Å²) in [6.07, 6.45) is 3.73. The van der Waals surface area contributed by atoms with E-state index in [0.29, 0.717) is 11.3 Å².